The van der Waals surface area contributed by atoms with Crippen LogP contribution < -0.4 is 0 Å². The molecule has 0 bridgehead atoms. The van der Waals surface area contributed by atoms with Crippen LogP contribution in [-0.4, -0.2) is 56.1 Å². The van der Waals surface area contributed by atoms with E-state index in [1.807, 2.05) is 6.92 Å². The summed E-state index contributed by atoms with van der Waals surface area (Å²) >= 11 is 0. The maximum atomic E-state index is 5.82. The molecule has 0 aromatic carbocycles. The summed E-state index contributed by atoms with van der Waals surface area (Å²) in [7, 11) is 0. The molecule has 120 valence electrons. The lowest BCUT2D eigenvalue weighted by molar-refractivity contribution is -0.0353. The minimum Gasteiger partial charge on any atom is -0.367 e. The van der Waals surface area contributed by atoms with Gasteiger partial charge in [0.15, 0.2) is 5.82 Å². The molecule has 1 fully saturated rings. The van der Waals surface area contributed by atoms with E-state index in [0.717, 1.165) is 56.5 Å². The van der Waals surface area contributed by atoms with Crippen molar-refractivity contribution in [2.24, 2.45) is 0 Å². The van der Waals surface area contributed by atoms with Gasteiger partial charge in [0.25, 0.3) is 0 Å². The third-order valence-corrected chi connectivity index (χ3v) is 4.05. The Bertz CT molecular complexity index is 619. The van der Waals surface area contributed by atoms with E-state index in [1.165, 1.54) is 5.69 Å². The summed E-state index contributed by atoms with van der Waals surface area (Å²) in [6, 6.07) is 2.11. The molecule has 2 aromatic heterocycles. The van der Waals surface area contributed by atoms with Crippen molar-refractivity contribution >= 4 is 0 Å². The molecular weight excluding hydrogens is 280 g/mol. The van der Waals surface area contributed by atoms with Crippen molar-refractivity contribution in [1.29, 1.82) is 0 Å². The van der Waals surface area contributed by atoms with Crippen molar-refractivity contribution in [3.8, 4) is 0 Å². The Kier molecular flexibility index (Phi) is 4.54. The zero-order valence-corrected chi connectivity index (χ0v) is 13.5. The van der Waals surface area contributed by atoms with Crippen molar-refractivity contribution in [2.45, 2.75) is 39.8 Å². The molecule has 7 nitrogen and oxygen atoms in total. The molecule has 1 aliphatic heterocycles. The van der Waals surface area contributed by atoms with Crippen LogP contribution in [-0.2, 0) is 17.7 Å². The predicted octanol–water partition coefficient (Wildman–Crippen LogP) is 1.25. The lowest BCUT2D eigenvalue weighted by Crippen LogP contribution is -2.40. The number of ether oxygens (including phenoxy) is 1. The van der Waals surface area contributed by atoms with Crippen molar-refractivity contribution in [1.82, 2.24) is 29.9 Å². The van der Waals surface area contributed by atoms with Crippen LogP contribution in [0.3, 0.4) is 0 Å². The molecule has 0 spiro atoms. The number of H-pyrrole nitrogens is 1. The molecule has 1 saturated heterocycles. The first kappa shape index (κ1) is 15.2. The Hall–Kier alpha value is -1.73. The maximum absolute atomic E-state index is 5.82. The minimum absolute atomic E-state index is 0.0363. The van der Waals surface area contributed by atoms with E-state index in [9.17, 15) is 0 Å². The van der Waals surface area contributed by atoms with E-state index < -0.39 is 0 Å². The highest BCUT2D eigenvalue weighted by Crippen LogP contribution is 2.19. The average Bonchev–Trinajstić information content (AvgIpc) is 3.12. The summed E-state index contributed by atoms with van der Waals surface area (Å²) in [6.45, 7) is 10.6. The third kappa shape index (κ3) is 3.36. The molecule has 0 amide bonds. The molecule has 1 atom stereocenters. The summed E-state index contributed by atoms with van der Waals surface area (Å²) in [5.41, 5.74) is 2.29. The molecule has 0 unspecified atom stereocenters. The highest BCUT2D eigenvalue weighted by molar-refractivity contribution is 5.06. The first-order valence-corrected chi connectivity index (χ1v) is 7.92. The van der Waals surface area contributed by atoms with E-state index >= 15 is 0 Å². The van der Waals surface area contributed by atoms with Gasteiger partial charge in [0.1, 0.15) is 11.9 Å². The van der Waals surface area contributed by atoms with Gasteiger partial charge in [-0.3, -0.25) is 14.7 Å². The molecule has 0 aliphatic carbocycles. The standard InChI is InChI=1S/C15H24N6O/c1-4-14-16-15(18-17-14)13-10-20(7-8-22-13)5-6-21-12(3)9-11(2)19-21/h9,13H,4-8,10H2,1-3H3,(H,16,17,18)/t13-/m0/s1. The van der Waals surface area contributed by atoms with Crippen LogP contribution in [0.15, 0.2) is 6.07 Å². The van der Waals surface area contributed by atoms with Gasteiger partial charge >= 0.3 is 0 Å². The van der Waals surface area contributed by atoms with E-state index in [4.69, 9.17) is 4.74 Å². The highest BCUT2D eigenvalue weighted by Gasteiger charge is 2.25. The lowest BCUT2D eigenvalue weighted by Gasteiger charge is -2.31. The Balaban J connectivity index is 1.57. The largest absolute Gasteiger partial charge is 0.367 e. The van der Waals surface area contributed by atoms with Gasteiger partial charge in [-0.1, -0.05) is 6.92 Å². The second-order valence-corrected chi connectivity index (χ2v) is 5.80. The average molecular weight is 304 g/mol. The van der Waals surface area contributed by atoms with Crippen molar-refractivity contribution < 1.29 is 4.74 Å². The van der Waals surface area contributed by atoms with E-state index in [1.54, 1.807) is 0 Å². The van der Waals surface area contributed by atoms with Gasteiger partial charge in [-0.2, -0.15) is 10.2 Å². The summed E-state index contributed by atoms with van der Waals surface area (Å²) in [6.07, 6.45) is 0.826. The summed E-state index contributed by atoms with van der Waals surface area (Å²) in [4.78, 5) is 6.88. The van der Waals surface area contributed by atoms with Gasteiger partial charge in [-0.25, -0.2) is 4.98 Å². The van der Waals surface area contributed by atoms with Crippen LogP contribution in [0.5, 0.6) is 0 Å². The molecule has 22 heavy (non-hydrogen) atoms. The van der Waals surface area contributed by atoms with Crippen LogP contribution in [0.1, 0.15) is 36.1 Å². The second-order valence-electron chi connectivity index (χ2n) is 5.80. The topological polar surface area (TPSA) is 71.9 Å². The number of aromatic amines is 1. The number of morpholine rings is 1. The van der Waals surface area contributed by atoms with E-state index in [0.29, 0.717) is 0 Å². The number of hydrogen-bond donors (Lipinski definition) is 1. The SMILES string of the molecule is CCc1nc([C@@H]2CN(CCn3nc(C)cc3C)CCO2)n[nH]1. The predicted molar refractivity (Wildman–Crippen MR) is 82.6 cm³/mol. The van der Waals surface area contributed by atoms with E-state index in [-0.39, 0.29) is 6.10 Å². The Morgan fingerprint density at radius 3 is 2.91 bits per heavy atom. The van der Waals surface area contributed by atoms with Gasteiger partial charge in [-0.15, -0.1) is 0 Å². The fourth-order valence-corrected chi connectivity index (χ4v) is 2.81. The first-order valence-electron chi connectivity index (χ1n) is 7.92. The number of nitrogens with zero attached hydrogens (tertiary/aromatic N) is 5. The number of hydrogen-bond acceptors (Lipinski definition) is 5. The number of nitrogens with one attached hydrogen (secondary N) is 1. The van der Waals surface area contributed by atoms with Gasteiger partial charge in [0, 0.05) is 31.7 Å². The summed E-state index contributed by atoms with van der Waals surface area (Å²) in [5.74, 6) is 1.69. The molecule has 1 aliphatic rings. The third-order valence-electron chi connectivity index (χ3n) is 4.05. The normalized spacial score (nSPS) is 19.7. The molecular formula is C15H24N6O. The zero-order chi connectivity index (χ0) is 15.5. The van der Waals surface area contributed by atoms with Crippen LogP contribution in [0.2, 0.25) is 0 Å². The molecule has 3 rings (SSSR count). The maximum Gasteiger partial charge on any atom is 0.180 e. The Morgan fingerprint density at radius 2 is 2.23 bits per heavy atom. The van der Waals surface area contributed by atoms with Gasteiger partial charge in [0.05, 0.1) is 18.8 Å². The highest BCUT2D eigenvalue weighted by atomic mass is 16.5. The van der Waals surface area contributed by atoms with Crippen LogP contribution in [0.25, 0.3) is 0 Å². The number of rotatable bonds is 5. The van der Waals surface area contributed by atoms with Crippen LogP contribution in [0.4, 0.5) is 0 Å². The van der Waals surface area contributed by atoms with Gasteiger partial charge in [-0.05, 0) is 19.9 Å². The Morgan fingerprint density at radius 1 is 1.36 bits per heavy atom. The van der Waals surface area contributed by atoms with Crippen LogP contribution >= 0.6 is 0 Å². The van der Waals surface area contributed by atoms with Gasteiger partial charge < -0.3 is 4.74 Å². The molecule has 0 radical (unpaired) electrons. The minimum atomic E-state index is -0.0363. The first-order chi connectivity index (χ1) is 10.7. The molecule has 0 saturated carbocycles. The number of aryl methyl sites for hydroxylation is 3. The quantitative estimate of drug-likeness (QED) is 0.900. The molecule has 7 heteroatoms. The monoisotopic (exact) mass is 304 g/mol. The summed E-state index contributed by atoms with van der Waals surface area (Å²) < 4.78 is 7.89. The molecule has 3 heterocycles. The van der Waals surface area contributed by atoms with Gasteiger partial charge in [0.2, 0.25) is 0 Å². The lowest BCUT2D eigenvalue weighted by atomic mass is 10.2. The molecule has 2 aromatic rings. The Labute approximate surface area is 130 Å². The van der Waals surface area contributed by atoms with Crippen molar-refractivity contribution in [2.75, 3.05) is 26.2 Å². The fraction of sp³-hybridized carbons (Fsp3) is 0.667. The summed E-state index contributed by atoms with van der Waals surface area (Å²) in [5, 5.41) is 11.8. The number of aromatic nitrogens is 5. The van der Waals surface area contributed by atoms with Crippen LogP contribution in [0, 0.1) is 13.8 Å². The second kappa shape index (κ2) is 6.58. The van der Waals surface area contributed by atoms with E-state index in [2.05, 4.69) is 49.8 Å². The smallest absolute Gasteiger partial charge is 0.180 e. The molecule has 1 N–H and O–H groups in total. The van der Waals surface area contributed by atoms with Crippen molar-refractivity contribution in [3.05, 3.63) is 29.1 Å². The van der Waals surface area contributed by atoms with Crippen molar-refractivity contribution in [3.63, 3.8) is 0 Å². The fourth-order valence-electron chi connectivity index (χ4n) is 2.81. The zero-order valence-electron chi connectivity index (χ0n) is 13.5.